The van der Waals surface area contributed by atoms with Crippen LogP contribution >= 0.6 is 11.6 Å². The van der Waals surface area contributed by atoms with Crippen molar-refractivity contribution < 1.29 is 9.53 Å². The number of halogens is 1. The molecule has 3 rings (SSSR count). The van der Waals surface area contributed by atoms with E-state index in [0.717, 1.165) is 5.56 Å². The number of amides is 1. The molecule has 2 aromatic heterocycles. The molecule has 0 fully saturated rings. The summed E-state index contributed by atoms with van der Waals surface area (Å²) in [5, 5.41) is 8.04. The monoisotopic (exact) mass is 389 g/mol. The van der Waals surface area contributed by atoms with Crippen molar-refractivity contribution in [3.8, 4) is 0 Å². The molecule has 0 aliphatic rings. The van der Waals surface area contributed by atoms with E-state index in [1.807, 2.05) is 19.1 Å². The third-order valence-electron chi connectivity index (χ3n) is 3.97. The number of nitrogens with zero attached hydrogens (tertiary/aromatic N) is 4. The SMILES string of the molecule is CCOCC(=O)NCCn1ncc2c(=O)n(Cc3ccc(Cl)cc3)cnc21. The normalized spacial score (nSPS) is 11.0. The summed E-state index contributed by atoms with van der Waals surface area (Å²) < 4.78 is 8.17. The first-order chi connectivity index (χ1) is 13.1. The highest BCUT2D eigenvalue weighted by atomic mass is 35.5. The van der Waals surface area contributed by atoms with Gasteiger partial charge in [-0.3, -0.25) is 14.2 Å². The Kier molecular flexibility index (Phi) is 6.20. The van der Waals surface area contributed by atoms with Gasteiger partial charge in [0.15, 0.2) is 5.65 Å². The van der Waals surface area contributed by atoms with Gasteiger partial charge >= 0.3 is 0 Å². The van der Waals surface area contributed by atoms with E-state index >= 15 is 0 Å². The van der Waals surface area contributed by atoms with E-state index in [4.69, 9.17) is 16.3 Å². The third kappa shape index (κ3) is 4.72. The van der Waals surface area contributed by atoms with Crippen molar-refractivity contribution in [1.29, 1.82) is 0 Å². The van der Waals surface area contributed by atoms with Gasteiger partial charge in [-0.05, 0) is 24.6 Å². The Morgan fingerprint density at radius 3 is 2.81 bits per heavy atom. The van der Waals surface area contributed by atoms with Crippen LogP contribution in [0.5, 0.6) is 0 Å². The molecule has 27 heavy (non-hydrogen) atoms. The Hall–Kier alpha value is -2.71. The minimum atomic E-state index is -0.188. The minimum Gasteiger partial charge on any atom is -0.372 e. The zero-order chi connectivity index (χ0) is 19.2. The van der Waals surface area contributed by atoms with Crippen LogP contribution in [0.1, 0.15) is 12.5 Å². The van der Waals surface area contributed by atoms with E-state index in [1.165, 1.54) is 17.1 Å². The average Bonchev–Trinajstić information content (AvgIpc) is 3.08. The maximum atomic E-state index is 12.7. The Morgan fingerprint density at radius 1 is 1.30 bits per heavy atom. The molecule has 3 aromatic rings. The molecule has 0 unspecified atom stereocenters. The van der Waals surface area contributed by atoms with Gasteiger partial charge in [-0.2, -0.15) is 5.10 Å². The largest absolute Gasteiger partial charge is 0.372 e. The summed E-state index contributed by atoms with van der Waals surface area (Å²) >= 11 is 5.89. The number of ether oxygens (including phenoxy) is 1. The Bertz CT molecular complexity index is 981. The summed E-state index contributed by atoms with van der Waals surface area (Å²) in [5.41, 5.74) is 1.28. The smallest absolute Gasteiger partial charge is 0.264 e. The Labute approximate surface area is 160 Å². The molecular weight excluding hydrogens is 370 g/mol. The molecule has 0 aliphatic carbocycles. The average molecular weight is 390 g/mol. The molecule has 0 bridgehead atoms. The molecule has 1 N–H and O–H groups in total. The quantitative estimate of drug-likeness (QED) is 0.629. The maximum Gasteiger partial charge on any atom is 0.264 e. The first-order valence-electron chi connectivity index (χ1n) is 8.58. The first kappa shape index (κ1) is 19.1. The molecule has 1 aromatic carbocycles. The fourth-order valence-electron chi connectivity index (χ4n) is 2.61. The molecule has 0 atom stereocenters. The van der Waals surface area contributed by atoms with Crippen LogP contribution in [-0.4, -0.2) is 45.0 Å². The summed E-state index contributed by atoms with van der Waals surface area (Å²) in [5.74, 6) is -0.188. The number of benzene rings is 1. The third-order valence-corrected chi connectivity index (χ3v) is 4.22. The molecule has 8 nitrogen and oxygen atoms in total. The summed E-state index contributed by atoms with van der Waals surface area (Å²) in [4.78, 5) is 28.6. The summed E-state index contributed by atoms with van der Waals surface area (Å²) in [6, 6.07) is 7.30. The lowest BCUT2D eigenvalue weighted by Gasteiger charge is -2.07. The number of carbonyl (C=O) groups is 1. The summed E-state index contributed by atoms with van der Waals surface area (Å²) in [6.45, 7) is 3.53. The fourth-order valence-corrected chi connectivity index (χ4v) is 2.73. The van der Waals surface area contributed by atoms with E-state index in [-0.39, 0.29) is 18.1 Å². The van der Waals surface area contributed by atoms with Gasteiger partial charge in [-0.1, -0.05) is 23.7 Å². The summed E-state index contributed by atoms with van der Waals surface area (Å²) in [7, 11) is 0. The van der Waals surface area contributed by atoms with Gasteiger partial charge in [0.1, 0.15) is 18.3 Å². The van der Waals surface area contributed by atoms with Crippen LogP contribution in [0.4, 0.5) is 0 Å². The van der Waals surface area contributed by atoms with E-state index in [9.17, 15) is 9.59 Å². The number of hydrogen-bond donors (Lipinski definition) is 1. The van der Waals surface area contributed by atoms with Gasteiger partial charge < -0.3 is 10.1 Å². The van der Waals surface area contributed by atoms with E-state index in [2.05, 4.69) is 15.4 Å². The lowest BCUT2D eigenvalue weighted by atomic mass is 10.2. The molecule has 1 amide bonds. The predicted molar refractivity (Wildman–Crippen MR) is 102 cm³/mol. The maximum absolute atomic E-state index is 12.7. The number of fused-ring (bicyclic) bond motifs is 1. The van der Waals surface area contributed by atoms with Crippen LogP contribution in [0.2, 0.25) is 5.02 Å². The highest BCUT2D eigenvalue weighted by Crippen LogP contribution is 2.11. The van der Waals surface area contributed by atoms with Crippen molar-refractivity contribution >= 4 is 28.5 Å². The molecule has 9 heteroatoms. The van der Waals surface area contributed by atoms with Crippen LogP contribution in [0.25, 0.3) is 11.0 Å². The second-order valence-electron chi connectivity index (χ2n) is 5.90. The van der Waals surface area contributed by atoms with Crippen molar-refractivity contribution in [1.82, 2.24) is 24.6 Å². The highest BCUT2D eigenvalue weighted by molar-refractivity contribution is 6.30. The number of aromatic nitrogens is 4. The highest BCUT2D eigenvalue weighted by Gasteiger charge is 2.11. The van der Waals surface area contributed by atoms with Gasteiger partial charge in [0.25, 0.3) is 5.56 Å². The van der Waals surface area contributed by atoms with Gasteiger partial charge in [0, 0.05) is 18.2 Å². The molecule has 142 valence electrons. The van der Waals surface area contributed by atoms with Gasteiger partial charge in [-0.25, -0.2) is 9.67 Å². The minimum absolute atomic E-state index is 0.0318. The Morgan fingerprint density at radius 2 is 2.07 bits per heavy atom. The van der Waals surface area contributed by atoms with Crippen molar-refractivity contribution in [3.63, 3.8) is 0 Å². The topological polar surface area (TPSA) is 91.0 Å². The predicted octanol–water partition coefficient (Wildman–Crippen LogP) is 1.45. The lowest BCUT2D eigenvalue weighted by Crippen LogP contribution is -2.31. The van der Waals surface area contributed by atoms with Gasteiger partial charge in [0.05, 0.1) is 19.3 Å². The molecule has 0 radical (unpaired) electrons. The number of carbonyl (C=O) groups excluding carboxylic acids is 1. The molecule has 2 heterocycles. The number of nitrogens with one attached hydrogen (secondary N) is 1. The number of hydrogen-bond acceptors (Lipinski definition) is 5. The zero-order valence-corrected chi connectivity index (χ0v) is 15.6. The van der Waals surface area contributed by atoms with E-state index < -0.39 is 0 Å². The lowest BCUT2D eigenvalue weighted by molar-refractivity contribution is -0.125. The van der Waals surface area contributed by atoms with Crippen molar-refractivity contribution in [3.05, 3.63) is 57.7 Å². The number of rotatable bonds is 8. The molecule has 0 saturated carbocycles. The van der Waals surface area contributed by atoms with Crippen LogP contribution < -0.4 is 10.9 Å². The zero-order valence-electron chi connectivity index (χ0n) is 14.9. The van der Waals surface area contributed by atoms with E-state index in [1.54, 1.807) is 16.8 Å². The standard InChI is InChI=1S/C18H20ClN5O3/c1-2-27-11-16(25)20-7-8-24-17-15(9-22-24)18(26)23(12-21-17)10-13-3-5-14(19)6-4-13/h3-6,9,12H,2,7-8,10-11H2,1H3,(H,20,25). The second kappa shape index (κ2) is 8.79. The van der Waals surface area contributed by atoms with Crippen molar-refractivity contribution in [2.45, 2.75) is 20.0 Å². The summed E-state index contributed by atoms with van der Waals surface area (Å²) in [6.07, 6.45) is 3.01. The van der Waals surface area contributed by atoms with Gasteiger partial charge in [-0.15, -0.1) is 0 Å². The van der Waals surface area contributed by atoms with E-state index in [0.29, 0.717) is 42.3 Å². The first-order valence-corrected chi connectivity index (χ1v) is 8.96. The Balaban J connectivity index is 1.70. The fraction of sp³-hybridized carbons (Fsp3) is 0.333. The molecule has 0 saturated heterocycles. The van der Waals surface area contributed by atoms with Crippen molar-refractivity contribution in [2.24, 2.45) is 0 Å². The molecular formula is C18H20ClN5O3. The van der Waals surface area contributed by atoms with Crippen LogP contribution in [0.15, 0.2) is 41.6 Å². The van der Waals surface area contributed by atoms with Crippen LogP contribution in [0.3, 0.4) is 0 Å². The van der Waals surface area contributed by atoms with Crippen LogP contribution in [-0.2, 0) is 22.6 Å². The molecule has 0 spiro atoms. The molecule has 0 aliphatic heterocycles. The van der Waals surface area contributed by atoms with Crippen molar-refractivity contribution in [2.75, 3.05) is 19.8 Å². The second-order valence-corrected chi connectivity index (χ2v) is 6.33. The van der Waals surface area contributed by atoms with Gasteiger partial charge in [0.2, 0.25) is 5.91 Å². The van der Waals surface area contributed by atoms with Crippen LogP contribution in [0, 0.1) is 0 Å².